The molecule has 0 radical (unpaired) electrons. The summed E-state index contributed by atoms with van der Waals surface area (Å²) in [5.74, 6) is 0.134. The molecule has 0 bridgehead atoms. The Morgan fingerprint density at radius 1 is 1.25 bits per heavy atom. The number of carbonyl (C=O) groups is 1. The van der Waals surface area contributed by atoms with Gasteiger partial charge in [0.2, 0.25) is 5.91 Å². The predicted molar refractivity (Wildman–Crippen MR) is 78.3 cm³/mol. The SMILES string of the molecule is O=C(Cc1ccncc1)NC1CCN(C2CCCC2)C1. The van der Waals surface area contributed by atoms with Crippen molar-refractivity contribution in [3.05, 3.63) is 30.1 Å². The summed E-state index contributed by atoms with van der Waals surface area (Å²) in [7, 11) is 0. The molecule has 2 fully saturated rings. The van der Waals surface area contributed by atoms with Gasteiger partial charge in [0.25, 0.3) is 0 Å². The zero-order chi connectivity index (χ0) is 13.8. The van der Waals surface area contributed by atoms with Crippen LogP contribution in [0, 0.1) is 0 Å². The minimum Gasteiger partial charge on any atom is -0.352 e. The van der Waals surface area contributed by atoms with Crippen LogP contribution < -0.4 is 5.32 Å². The van der Waals surface area contributed by atoms with E-state index in [0.717, 1.165) is 31.1 Å². The van der Waals surface area contributed by atoms with Gasteiger partial charge in [0.1, 0.15) is 0 Å². The van der Waals surface area contributed by atoms with E-state index < -0.39 is 0 Å². The molecule has 4 nitrogen and oxygen atoms in total. The molecule has 1 aliphatic carbocycles. The first-order chi connectivity index (χ1) is 9.81. The number of likely N-dealkylation sites (tertiary alicyclic amines) is 1. The number of hydrogen-bond donors (Lipinski definition) is 1. The van der Waals surface area contributed by atoms with Crippen LogP contribution in [-0.2, 0) is 11.2 Å². The molecule has 1 aliphatic heterocycles. The highest BCUT2D eigenvalue weighted by molar-refractivity contribution is 5.78. The molecule has 4 heteroatoms. The molecule has 1 saturated heterocycles. The molecule has 1 aromatic heterocycles. The lowest BCUT2D eigenvalue weighted by atomic mass is 10.2. The molecule has 0 spiro atoms. The van der Waals surface area contributed by atoms with E-state index in [-0.39, 0.29) is 5.91 Å². The Kier molecular flexibility index (Phi) is 4.31. The van der Waals surface area contributed by atoms with Crippen molar-refractivity contribution in [2.45, 2.75) is 50.6 Å². The first-order valence-electron chi connectivity index (χ1n) is 7.73. The summed E-state index contributed by atoms with van der Waals surface area (Å²) in [5, 5.41) is 3.18. The van der Waals surface area contributed by atoms with Crippen molar-refractivity contribution in [1.82, 2.24) is 15.2 Å². The molecule has 0 aromatic carbocycles. The van der Waals surface area contributed by atoms with Gasteiger partial charge in [-0.1, -0.05) is 12.8 Å². The highest BCUT2D eigenvalue weighted by Crippen LogP contribution is 2.26. The van der Waals surface area contributed by atoms with Crippen molar-refractivity contribution >= 4 is 5.91 Å². The highest BCUT2D eigenvalue weighted by atomic mass is 16.1. The molecule has 1 amide bonds. The number of aromatic nitrogens is 1. The van der Waals surface area contributed by atoms with Gasteiger partial charge in [-0.25, -0.2) is 0 Å². The second-order valence-electron chi connectivity index (χ2n) is 6.02. The summed E-state index contributed by atoms with van der Waals surface area (Å²) >= 11 is 0. The number of rotatable bonds is 4. The standard InChI is InChI=1S/C16H23N3O/c20-16(11-13-5-8-17-9-6-13)18-14-7-10-19(12-14)15-3-1-2-4-15/h5-6,8-9,14-15H,1-4,7,10-12H2,(H,18,20). The van der Waals surface area contributed by atoms with Gasteiger partial charge in [0.05, 0.1) is 6.42 Å². The van der Waals surface area contributed by atoms with Gasteiger partial charge >= 0.3 is 0 Å². The third kappa shape index (κ3) is 3.37. The molecule has 108 valence electrons. The number of carbonyl (C=O) groups excluding carboxylic acids is 1. The molecule has 1 N–H and O–H groups in total. The minimum absolute atomic E-state index is 0.134. The van der Waals surface area contributed by atoms with Gasteiger partial charge in [-0.15, -0.1) is 0 Å². The minimum atomic E-state index is 0.134. The van der Waals surface area contributed by atoms with E-state index in [1.165, 1.54) is 25.7 Å². The molecule has 2 aliphatic rings. The van der Waals surface area contributed by atoms with Crippen molar-refractivity contribution in [1.29, 1.82) is 0 Å². The van der Waals surface area contributed by atoms with Crippen LogP contribution in [0.15, 0.2) is 24.5 Å². The van der Waals surface area contributed by atoms with Crippen LogP contribution >= 0.6 is 0 Å². The molecule has 1 unspecified atom stereocenters. The second kappa shape index (κ2) is 6.35. The van der Waals surface area contributed by atoms with Gasteiger partial charge in [0, 0.05) is 37.6 Å². The maximum atomic E-state index is 12.0. The van der Waals surface area contributed by atoms with Crippen LogP contribution in [0.1, 0.15) is 37.7 Å². The molecular weight excluding hydrogens is 250 g/mol. The zero-order valence-corrected chi connectivity index (χ0v) is 11.9. The van der Waals surface area contributed by atoms with E-state index in [2.05, 4.69) is 15.2 Å². The second-order valence-corrected chi connectivity index (χ2v) is 6.02. The Balaban J connectivity index is 1.45. The maximum Gasteiger partial charge on any atom is 0.224 e. The summed E-state index contributed by atoms with van der Waals surface area (Å²) < 4.78 is 0. The Morgan fingerprint density at radius 3 is 2.75 bits per heavy atom. The quantitative estimate of drug-likeness (QED) is 0.909. The fourth-order valence-electron chi connectivity index (χ4n) is 3.47. The van der Waals surface area contributed by atoms with E-state index in [1.54, 1.807) is 12.4 Å². The third-order valence-electron chi connectivity index (χ3n) is 4.54. The lowest BCUT2D eigenvalue weighted by molar-refractivity contribution is -0.121. The van der Waals surface area contributed by atoms with Gasteiger partial charge < -0.3 is 5.32 Å². The molecule has 1 atom stereocenters. The Labute approximate surface area is 120 Å². The Bertz CT molecular complexity index is 442. The van der Waals surface area contributed by atoms with Crippen molar-refractivity contribution in [3.8, 4) is 0 Å². The Hall–Kier alpha value is -1.42. The van der Waals surface area contributed by atoms with E-state index >= 15 is 0 Å². The summed E-state index contributed by atoms with van der Waals surface area (Å²) in [4.78, 5) is 18.6. The van der Waals surface area contributed by atoms with E-state index in [1.807, 2.05) is 12.1 Å². The molecule has 20 heavy (non-hydrogen) atoms. The zero-order valence-electron chi connectivity index (χ0n) is 11.9. The smallest absolute Gasteiger partial charge is 0.224 e. The van der Waals surface area contributed by atoms with Crippen LogP contribution in [0.5, 0.6) is 0 Å². The first-order valence-corrected chi connectivity index (χ1v) is 7.73. The normalized spacial score (nSPS) is 24.1. The van der Waals surface area contributed by atoms with Crippen LogP contribution in [0.25, 0.3) is 0 Å². The molecule has 1 aromatic rings. The number of hydrogen-bond acceptors (Lipinski definition) is 3. The van der Waals surface area contributed by atoms with Gasteiger partial charge in [-0.05, 0) is 37.0 Å². The number of amides is 1. The van der Waals surface area contributed by atoms with Crippen LogP contribution in [-0.4, -0.2) is 41.0 Å². The van der Waals surface area contributed by atoms with Crippen LogP contribution in [0.4, 0.5) is 0 Å². The van der Waals surface area contributed by atoms with E-state index in [0.29, 0.717) is 12.5 Å². The number of nitrogens with one attached hydrogen (secondary N) is 1. The molecule has 3 rings (SSSR count). The summed E-state index contributed by atoms with van der Waals surface area (Å²) in [6.45, 7) is 2.18. The average molecular weight is 273 g/mol. The van der Waals surface area contributed by atoms with Gasteiger partial charge in [-0.2, -0.15) is 0 Å². The average Bonchev–Trinajstić information content (AvgIpc) is 3.10. The molecule has 1 saturated carbocycles. The lowest BCUT2D eigenvalue weighted by Crippen LogP contribution is -2.39. The van der Waals surface area contributed by atoms with Crippen LogP contribution in [0.2, 0.25) is 0 Å². The summed E-state index contributed by atoms with van der Waals surface area (Å²) in [5.41, 5.74) is 1.03. The topological polar surface area (TPSA) is 45.2 Å². The van der Waals surface area contributed by atoms with Crippen molar-refractivity contribution < 1.29 is 4.79 Å². The first kappa shape index (κ1) is 13.6. The number of nitrogens with zero attached hydrogens (tertiary/aromatic N) is 2. The molecular formula is C16H23N3O. The van der Waals surface area contributed by atoms with E-state index in [4.69, 9.17) is 0 Å². The maximum absolute atomic E-state index is 12.0. The lowest BCUT2D eigenvalue weighted by Gasteiger charge is -2.23. The number of pyridine rings is 1. The highest BCUT2D eigenvalue weighted by Gasteiger charge is 2.30. The fraction of sp³-hybridized carbons (Fsp3) is 0.625. The predicted octanol–water partition coefficient (Wildman–Crippen LogP) is 1.76. The molecule has 2 heterocycles. The van der Waals surface area contributed by atoms with Crippen molar-refractivity contribution in [2.24, 2.45) is 0 Å². The monoisotopic (exact) mass is 273 g/mol. The van der Waals surface area contributed by atoms with Gasteiger partial charge in [-0.3, -0.25) is 14.7 Å². The van der Waals surface area contributed by atoms with Crippen molar-refractivity contribution in [3.63, 3.8) is 0 Å². The van der Waals surface area contributed by atoms with Crippen LogP contribution in [0.3, 0.4) is 0 Å². The van der Waals surface area contributed by atoms with Crippen molar-refractivity contribution in [2.75, 3.05) is 13.1 Å². The largest absolute Gasteiger partial charge is 0.352 e. The third-order valence-corrected chi connectivity index (χ3v) is 4.54. The fourth-order valence-corrected chi connectivity index (χ4v) is 3.47. The summed E-state index contributed by atoms with van der Waals surface area (Å²) in [6.07, 6.45) is 10.5. The van der Waals surface area contributed by atoms with E-state index in [9.17, 15) is 4.79 Å². The summed E-state index contributed by atoms with van der Waals surface area (Å²) in [6, 6.07) is 4.92. The van der Waals surface area contributed by atoms with Gasteiger partial charge in [0.15, 0.2) is 0 Å². The Morgan fingerprint density at radius 2 is 2.00 bits per heavy atom.